The maximum Gasteiger partial charge on any atom is 0.114 e. The zero-order valence-corrected chi connectivity index (χ0v) is 10.2. The molecule has 2 nitrogen and oxygen atoms in total. The number of allylic oxidation sites excluding steroid dienone is 1. The van der Waals surface area contributed by atoms with E-state index < -0.39 is 6.10 Å². The fraction of sp³-hybridized carbons (Fsp3) is 0.692. The molecule has 3 N–H and O–H groups in total. The predicted molar refractivity (Wildman–Crippen MR) is 65.2 cm³/mol. The fourth-order valence-electron chi connectivity index (χ4n) is 1.03. The van der Waals surface area contributed by atoms with Gasteiger partial charge in [0.05, 0.1) is 0 Å². The van der Waals surface area contributed by atoms with Gasteiger partial charge in [0.25, 0.3) is 0 Å². The van der Waals surface area contributed by atoms with Crippen LogP contribution in [0.25, 0.3) is 0 Å². The van der Waals surface area contributed by atoms with Crippen molar-refractivity contribution in [2.24, 2.45) is 17.6 Å². The highest BCUT2D eigenvalue weighted by Gasteiger charge is 2.12. The largest absolute Gasteiger partial charge is 0.380 e. The molecule has 0 rings (SSSR count). The maximum absolute atomic E-state index is 9.18. The molecule has 0 fully saturated rings. The highest BCUT2D eigenvalue weighted by Crippen LogP contribution is 2.13. The van der Waals surface area contributed by atoms with Crippen LogP contribution >= 0.6 is 0 Å². The standard InChI is InChI=1S/C13H23NO/c1-5-12(15)8-6-7-9-13(14)11(4)10(2)3/h7,9-13,15H,5,14H2,1-4H3/b9-7+/t11-,12?,13?/m1/s1. The molecule has 0 saturated carbocycles. The van der Waals surface area contributed by atoms with Crippen molar-refractivity contribution in [2.45, 2.75) is 46.3 Å². The third-order valence-corrected chi connectivity index (χ3v) is 2.70. The third kappa shape index (κ3) is 6.33. The van der Waals surface area contributed by atoms with E-state index in [2.05, 4.69) is 32.6 Å². The molecule has 0 aliphatic heterocycles. The number of hydrogen-bond acceptors (Lipinski definition) is 2. The Hall–Kier alpha value is -0.780. The second-order valence-corrected chi connectivity index (χ2v) is 4.25. The molecule has 3 atom stereocenters. The van der Waals surface area contributed by atoms with Gasteiger partial charge in [0, 0.05) is 6.04 Å². The summed E-state index contributed by atoms with van der Waals surface area (Å²) >= 11 is 0. The van der Waals surface area contributed by atoms with Crippen molar-refractivity contribution in [1.82, 2.24) is 0 Å². The van der Waals surface area contributed by atoms with E-state index in [1.807, 2.05) is 13.0 Å². The van der Waals surface area contributed by atoms with Crippen molar-refractivity contribution in [1.29, 1.82) is 0 Å². The second-order valence-electron chi connectivity index (χ2n) is 4.25. The quantitative estimate of drug-likeness (QED) is 0.695. The van der Waals surface area contributed by atoms with Gasteiger partial charge in [-0.3, -0.25) is 0 Å². The topological polar surface area (TPSA) is 46.2 Å². The minimum atomic E-state index is -0.520. The summed E-state index contributed by atoms with van der Waals surface area (Å²) in [7, 11) is 0. The average Bonchev–Trinajstić information content (AvgIpc) is 2.22. The molecular formula is C13H23NO. The van der Waals surface area contributed by atoms with E-state index in [4.69, 9.17) is 5.73 Å². The Morgan fingerprint density at radius 3 is 2.40 bits per heavy atom. The van der Waals surface area contributed by atoms with Crippen LogP contribution in [0, 0.1) is 23.7 Å². The molecule has 2 unspecified atom stereocenters. The first-order valence-electron chi connectivity index (χ1n) is 5.60. The van der Waals surface area contributed by atoms with Crippen LogP contribution in [0.5, 0.6) is 0 Å². The van der Waals surface area contributed by atoms with Gasteiger partial charge in [-0.2, -0.15) is 0 Å². The van der Waals surface area contributed by atoms with Gasteiger partial charge in [-0.15, -0.1) is 0 Å². The first-order valence-corrected chi connectivity index (χ1v) is 5.60. The molecule has 0 aromatic heterocycles. The van der Waals surface area contributed by atoms with Crippen LogP contribution in [0.1, 0.15) is 34.1 Å². The number of aliphatic hydroxyl groups is 1. The summed E-state index contributed by atoms with van der Waals surface area (Å²) in [5.41, 5.74) is 5.95. The van der Waals surface area contributed by atoms with E-state index in [9.17, 15) is 5.11 Å². The average molecular weight is 209 g/mol. The lowest BCUT2D eigenvalue weighted by Crippen LogP contribution is -2.29. The van der Waals surface area contributed by atoms with Crippen LogP contribution < -0.4 is 5.73 Å². The Morgan fingerprint density at radius 2 is 1.93 bits per heavy atom. The Kier molecular flexibility index (Phi) is 7.11. The Balaban J connectivity index is 4.10. The fourth-order valence-corrected chi connectivity index (χ4v) is 1.03. The molecule has 0 saturated heterocycles. The molecule has 86 valence electrons. The molecule has 0 amide bonds. The van der Waals surface area contributed by atoms with E-state index in [0.29, 0.717) is 18.3 Å². The smallest absolute Gasteiger partial charge is 0.114 e. The van der Waals surface area contributed by atoms with Crippen molar-refractivity contribution < 1.29 is 5.11 Å². The van der Waals surface area contributed by atoms with E-state index in [1.54, 1.807) is 6.08 Å². The molecule has 0 aromatic rings. The maximum atomic E-state index is 9.18. The Morgan fingerprint density at radius 1 is 1.33 bits per heavy atom. The second kappa shape index (κ2) is 7.50. The number of rotatable bonds is 4. The number of hydrogen-bond donors (Lipinski definition) is 2. The number of aliphatic hydroxyl groups excluding tert-OH is 1. The van der Waals surface area contributed by atoms with Crippen molar-refractivity contribution in [3.63, 3.8) is 0 Å². The minimum absolute atomic E-state index is 0.0399. The molecule has 0 radical (unpaired) electrons. The SMILES string of the molecule is CCC(O)C#C/C=C/C(N)[C@H](C)C(C)C. The van der Waals surface area contributed by atoms with Crippen LogP contribution in [0.2, 0.25) is 0 Å². The summed E-state index contributed by atoms with van der Waals surface area (Å²) in [6, 6.07) is 0.0399. The van der Waals surface area contributed by atoms with E-state index in [-0.39, 0.29) is 6.04 Å². The highest BCUT2D eigenvalue weighted by atomic mass is 16.3. The van der Waals surface area contributed by atoms with Crippen molar-refractivity contribution >= 4 is 0 Å². The molecule has 0 aliphatic rings. The van der Waals surface area contributed by atoms with Gasteiger partial charge in [0.2, 0.25) is 0 Å². The summed E-state index contributed by atoms with van der Waals surface area (Å²) < 4.78 is 0. The third-order valence-electron chi connectivity index (χ3n) is 2.70. The zero-order valence-electron chi connectivity index (χ0n) is 10.2. The lowest BCUT2D eigenvalue weighted by Gasteiger charge is -2.19. The molecule has 0 aliphatic carbocycles. The molecule has 0 spiro atoms. The molecule has 15 heavy (non-hydrogen) atoms. The highest BCUT2D eigenvalue weighted by molar-refractivity contribution is 5.19. The van der Waals surface area contributed by atoms with Gasteiger partial charge in [-0.1, -0.05) is 45.6 Å². The summed E-state index contributed by atoms with van der Waals surface area (Å²) in [6.45, 7) is 8.35. The summed E-state index contributed by atoms with van der Waals surface area (Å²) in [4.78, 5) is 0. The minimum Gasteiger partial charge on any atom is -0.380 e. The number of nitrogens with two attached hydrogens (primary N) is 1. The van der Waals surface area contributed by atoms with Gasteiger partial charge in [-0.25, -0.2) is 0 Å². The first kappa shape index (κ1) is 14.2. The summed E-state index contributed by atoms with van der Waals surface area (Å²) in [5.74, 6) is 6.53. The Bertz CT molecular complexity index is 247. The molecular weight excluding hydrogens is 186 g/mol. The van der Waals surface area contributed by atoms with Gasteiger partial charge in [0.1, 0.15) is 6.10 Å². The summed E-state index contributed by atoms with van der Waals surface area (Å²) in [5, 5.41) is 9.18. The van der Waals surface area contributed by atoms with Gasteiger partial charge in [-0.05, 0) is 24.3 Å². The first-order chi connectivity index (χ1) is 6.99. The predicted octanol–water partition coefficient (Wildman–Crippen LogP) is 1.94. The van der Waals surface area contributed by atoms with E-state index in [1.165, 1.54) is 0 Å². The molecule has 0 heterocycles. The van der Waals surface area contributed by atoms with Crippen molar-refractivity contribution in [3.8, 4) is 11.8 Å². The van der Waals surface area contributed by atoms with Crippen LogP contribution in [0.4, 0.5) is 0 Å². The molecule has 0 bridgehead atoms. The zero-order chi connectivity index (χ0) is 11.8. The van der Waals surface area contributed by atoms with Gasteiger partial charge < -0.3 is 10.8 Å². The van der Waals surface area contributed by atoms with Gasteiger partial charge in [0.15, 0.2) is 0 Å². The lowest BCUT2D eigenvalue weighted by atomic mass is 9.91. The van der Waals surface area contributed by atoms with Crippen LogP contribution in [0.3, 0.4) is 0 Å². The molecule has 0 aromatic carbocycles. The van der Waals surface area contributed by atoms with Crippen LogP contribution in [-0.4, -0.2) is 17.3 Å². The summed E-state index contributed by atoms with van der Waals surface area (Å²) in [6.07, 6.45) is 3.78. The van der Waals surface area contributed by atoms with E-state index in [0.717, 1.165) is 0 Å². The normalized spacial score (nSPS) is 17.3. The Labute approximate surface area is 93.6 Å². The van der Waals surface area contributed by atoms with Crippen molar-refractivity contribution in [3.05, 3.63) is 12.2 Å². The lowest BCUT2D eigenvalue weighted by molar-refractivity contribution is 0.228. The van der Waals surface area contributed by atoms with Crippen LogP contribution in [0.15, 0.2) is 12.2 Å². The monoisotopic (exact) mass is 209 g/mol. The molecule has 2 heteroatoms. The van der Waals surface area contributed by atoms with E-state index >= 15 is 0 Å². The van der Waals surface area contributed by atoms with Gasteiger partial charge >= 0.3 is 0 Å². The van der Waals surface area contributed by atoms with Crippen LogP contribution in [-0.2, 0) is 0 Å². The van der Waals surface area contributed by atoms with Crippen molar-refractivity contribution in [2.75, 3.05) is 0 Å².